The average molecular weight is 831 g/mol. The average Bonchev–Trinajstić information content (AvgIpc) is 3.32. The van der Waals surface area contributed by atoms with E-state index in [1.54, 1.807) is 24.3 Å². The van der Waals surface area contributed by atoms with Crippen LogP contribution in [0.5, 0.6) is 0 Å². The van der Waals surface area contributed by atoms with E-state index in [1.165, 1.54) is 19.8 Å². The van der Waals surface area contributed by atoms with Crippen LogP contribution in [0.2, 0.25) is 0 Å². The summed E-state index contributed by atoms with van der Waals surface area (Å²) in [5, 5.41) is 0. The molecule has 1 heterocycles. The number of methoxy groups -OCH3 is 2. The quantitative estimate of drug-likeness (QED) is 0.0628. The second-order valence-electron chi connectivity index (χ2n) is 14.5. The number of benzene rings is 5. The monoisotopic (exact) mass is 830 g/mol. The van der Waals surface area contributed by atoms with Gasteiger partial charge in [-0.2, -0.15) is 0 Å². The Morgan fingerprint density at radius 2 is 1.08 bits per heavy atom. The van der Waals surface area contributed by atoms with Crippen LogP contribution in [0.4, 0.5) is 5.69 Å². The fraction of sp³-hybridized carbons (Fsp3) is 0.353. The number of hydrogen-bond acceptors (Lipinski definition) is 10. The third kappa shape index (κ3) is 12.8. The Morgan fingerprint density at radius 1 is 0.623 bits per heavy atom. The number of Topliss-reactive ketones (excluding diaryl/α,β-unsaturated/α-hetero) is 3. The van der Waals surface area contributed by atoms with Crippen LogP contribution < -0.4 is 4.90 Å². The second kappa shape index (κ2) is 24.8. The summed E-state index contributed by atoms with van der Waals surface area (Å²) in [6.45, 7) is 10.0. The first kappa shape index (κ1) is 48.3. The molecule has 1 saturated heterocycles. The minimum absolute atomic E-state index is 0.126. The molecule has 0 aromatic heterocycles. The van der Waals surface area contributed by atoms with Crippen molar-refractivity contribution in [2.75, 3.05) is 72.7 Å². The topological polar surface area (TPSA) is 104 Å². The Balaban J connectivity index is 0.000000212. The van der Waals surface area contributed by atoms with Gasteiger partial charge in [0.2, 0.25) is 17.9 Å². The van der Waals surface area contributed by atoms with Gasteiger partial charge < -0.3 is 28.6 Å². The Labute approximate surface area is 362 Å². The molecule has 10 heteroatoms. The largest absolute Gasteiger partial charge is 0.378 e. The van der Waals surface area contributed by atoms with Gasteiger partial charge in [0.15, 0.2) is 5.78 Å². The van der Waals surface area contributed by atoms with Gasteiger partial charge in [-0.25, -0.2) is 0 Å². The van der Waals surface area contributed by atoms with Crippen molar-refractivity contribution < 1.29 is 38.1 Å². The van der Waals surface area contributed by atoms with Crippen LogP contribution >= 0.6 is 0 Å². The maximum absolute atomic E-state index is 13.6. The highest BCUT2D eigenvalue weighted by atomic mass is 16.7. The molecule has 1 fully saturated rings. The molecule has 0 bridgehead atoms. The Kier molecular flexibility index (Phi) is 19.7. The Bertz CT molecular complexity index is 2010. The molecule has 10 nitrogen and oxygen atoms in total. The molecule has 1 atom stereocenters. The Morgan fingerprint density at radius 3 is 1.54 bits per heavy atom. The van der Waals surface area contributed by atoms with Gasteiger partial charge in [-0.05, 0) is 70.6 Å². The number of ketones is 3. The number of carbonyl (C=O) groups is 3. The number of rotatable bonds is 18. The molecule has 6 rings (SSSR count). The summed E-state index contributed by atoms with van der Waals surface area (Å²) in [5.41, 5.74) is 4.42. The van der Waals surface area contributed by atoms with Gasteiger partial charge in [0, 0.05) is 68.5 Å². The van der Waals surface area contributed by atoms with Crippen LogP contribution in [0.25, 0.3) is 0 Å². The molecular weight excluding hydrogens is 769 g/mol. The zero-order valence-electron chi connectivity index (χ0n) is 36.8. The van der Waals surface area contributed by atoms with Crippen molar-refractivity contribution in [1.29, 1.82) is 0 Å². The van der Waals surface area contributed by atoms with E-state index >= 15 is 0 Å². The normalized spacial score (nSPS) is 13.6. The van der Waals surface area contributed by atoms with Crippen molar-refractivity contribution in [3.8, 4) is 0 Å². The fourth-order valence-electron chi connectivity index (χ4n) is 7.20. The number of nitrogens with zero attached hydrogens (tertiary/aromatic N) is 2. The fourth-order valence-corrected chi connectivity index (χ4v) is 7.20. The first-order valence-corrected chi connectivity index (χ1v) is 20.9. The van der Waals surface area contributed by atoms with Gasteiger partial charge in [0.1, 0.15) is 0 Å². The van der Waals surface area contributed by atoms with Crippen LogP contribution in [0.3, 0.4) is 0 Å². The predicted molar refractivity (Wildman–Crippen MR) is 241 cm³/mol. The molecule has 5 aromatic carbocycles. The standard InChI is InChI=1S/C23H30N2O2.C16H16O3.C12H16O3/c1-4-23(24(2)3,18-19-8-6-5-7-9-19)22(26)20-10-12-21(13-11-20)25-14-16-27-17-15-25;1-18-16(19-2,14-11-7-4-8-12-14)15(17)13-9-5-3-6-10-13;1-3-14-12(15-4-2)11(13)10-8-6-5-7-9-10/h5-13H,4,14-18H2,1-3H3;3-12H,1-2H3;5-9,12H,3-4H2,1-2H3. The molecule has 1 aliphatic heterocycles. The molecule has 0 amide bonds. The van der Waals surface area contributed by atoms with Gasteiger partial charge in [0.25, 0.3) is 5.79 Å². The maximum atomic E-state index is 13.6. The van der Waals surface area contributed by atoms with E-state index in [0.29, 0.717) is 36.3 Å². The van der Waals surface area contributed by atoms with Crippen LogP contribution in [0.15, 0.2) is 146 Å². The van der Waals surface area contributed by atoms with E-state index in [9.17, 15) is 14.4 Å². The van der Waals surface area contributed by atoms with Crippen LogP contribution in [-0.2, 0) is 35.9 Å². The molecular formula is C51H62N2O8. The maximum Gasteiger partial charge on any atom is 0.260 e. The van der Waals surface area contributed by atoms with Crippen molar-refractivity contribution in [3.05, 3.63) is 173 Å². The summed E-state index contributed by atoms with van der Waals surface area (Å²) in [6.07, 6.45) is 0.697. The number of hydrogen-bond donors (Lipinski definition) is 0. The number of likely N-dealkylation sites (N-methyl/N-ethyl adjacent to an activating group) is 1. The second-order valence-corrected chi connectivity index (χ2v) is 14.5. The zero-order valence-corrected chi connectivity index (χ0v) is 36.8. The zero-order chi connectivity index (χ0) is 44.1. The summed E-state index contributed by atoms with van der Waals surface area (Å²) in [7, 11) is 6.95. The highest BCUT2D eigenvalue weighted by molar-refractivity contribution is 6.04. The molecule has 61 heavy (non-hydrogen) atoms. The van der Waals surface area contributed by atoms with E-state index in [-0.39, 0.29) is 17.3 Å². The van der Waals surface area contributed by atoms with Crippen molar-refractivity contribution in [1.82, 2.24) is 4.90 Å². The van der Waals surface area contributed by atoms with E-state index in [2.05, 4.69) is 41.0 Å². The first-order chi connectivity index (χ1) is 29.6. The van der Waals surface area contributed by atoms with Crippen molar-refractivity contribution in [3.63, 3.8) is 0 Å². The van der Waals surface area contributed by atoms with Gasteiger partial charge >= 0.3 is 0 Å². The number of anilines is 1. The van der Waals surface area contributed by atoms with Crippen molar-refractivity contribution in [2.45, 2.75) is 51.2 Å². The third-order valence-electron chi connectivity index (χ3n) is 10.7. The van der Waals surface area contributed by atoms with E-state index < -0.39 is 17.6 Å². The van der Waals surface area contributed by atoms with E-state index in [1.807, 2.05) is 125 Å². The van der Waals surface area contributed by atoms with Gasteiger partial charge in [0.05, 0.1) is 18.8 Å². The lowest BCUT2D eigenvalue weighted by molar-refractivity contribution is -0.176. The van der Waals surface area contributed by atoms with Crippen molar-refractivity contribution >= 4 is 23.0 Å². The van der Waals surface area contributed by atoms with E-state index in [0.717, 1.165) is 44.0 Å². The van der Waals surface area contributed by atoms with Crippen LogP contribution in [0.1, 0.15) is 69.4 Å². The Hall–Kier alpha value is -5.33. The predicted octanol–water partition coefficient (Wildman–Crippen LogP) is 8.94. The number of morpholine rings is 1. The molecule has 324 valence electrons. The number of ether oxygens (including phenoxy) is 5. The summed E-state index contributed by atoms with van der Waals surface area (Å²) in [5.74, 6) is -1.56. The highest BCUT2D eigenvalue weighted by Gasteiger charge is 2.42. The summed E-state index contributed by atoms with van der Waals surface area (Å²) in [4.78, 5) is 42.5. The molecule has 1 aliphatic rings. The number of carbonyl (C=O) groups excluding carboxylic acids is 3. The highest BCUT2D eigenvalue weighted by Crippen LogP contribution is 2.31. The molecule has 1 unspecified atom stereocenters. The lowest BCUT2D eigenvalue weighted by Crippen LogP contribution is -2.52. The lowest BCUT2D eigenvalue weighted by Gasteiger charge is -2.38. The minimum atomic E-state index is -1.40. The van der Waals surface area contributed by atoms with Crippen molar-refractivity contribution in [2.24, 2.45) is 0 Å². The van der Waals surface area contributed by atoms with Gasteiger partial charge in [-0.1, -0.05) is 128 Å². The SMILES string of the molecule is CCC(Cc1ccccc1)(C(=O)c1ccc(N2CCOCC2)cc1)N(C)C.CCOC(OCC)C(=O)c1ccccc1.COC(OC)(C(=O)c1ccccc1)c1ccccc1. The molecule has 0 radical (unpaired) electrons. The van der Waals surface area contributed by atoms with Gasteiger partial charge in [-0.15, -0.1) is 0 Å². The first-order valence-electron chi connectivity index (χ1n) is 20.9. The van der Waals surface area contributed by atoms with E-state index in [4.69, 9.17) is 23.7 Å². The molecule has 0 aliphatic carbocycles. The molecule has 0 N–H and O–H groups in total. The van der Waals surface area contributed by atoms with Gasteiger partial charge in [-0.3, -0.25) is 19.3 Å². The molecule has 0 spiro atoms. The summed E-state index contributed by atoms with van der Waals surface area (Å²) < 4.78 is 26.7. The minimum Gasteiger partial charge on any atom is -0.378 e. The smallest absolute Gasteiger partial charge is 0.260 e. The molecule has 0 saturated carbocycles. The summed E-state index contributed by atoms with van der Waals surface area (Å²) >= 11 is 0. The lowest BCUT2D eigenvalue weighted by atomic mass is 9.80. The van der Waals surface area contributed by atoms with Crippen LogP contribution in [-0.4, -0.2) is 102 Å². The third-order valence-corrected chi connectivity index (χ3v) is 10.7. The molecule has 5 aromatic rings. The van der Waals surface area contributed by atoms with Crippen LogP contribution in [0, 0.1) is 0 Å². The summed E-state index contributed by atoms with van der Waals surface area (Å²) in [6, 6.07) is 45.6.